The van der Waals surface area contributed by atoms with Gasteiger partial charge >= 0.3 is 12.3 Å². The van der Waals surface area contributed by atoms with Gasteiger partial charge in [-0.15, -0.1) is 0 Å². The first-order chi connectivity index (χ1) is 12.3. The van der Waals surface area contributed by atoms with E-state index in [2.05, 4.69) is 15.1 Å². The molecule has 0 aromatic carbocycles. The average molecular weight is 389 g/mol. The third-order valence-corrected chi connectivity index (χ3v) is 3.89. The minimum absolute atomic E-state index is 0.119. The average Bonchev–Trinajstić information content (AvgIpc) is 2.98. The molecule has 0 saturated heterocycles. The number of aryl methyl sites for hydroxylation is 1. The molecule has 5 nitrogen and oxygen atoms in total. The lowest BCUT2D eigenvalue weighted by Gasteiger charge is -2.16. The summed E-state index contributed by atoms with van der Waals surface area (Å²) < 4.78 is 56.6. The van der Waals surface area contributed by atoms with Gasteiger partial charge in [0.1, 0.15) is 5.15 Å². The van der Waals surface area contributed by atoms with Crippen LogP contribution in [0.25, 0.3) is 10.9 Å². The van der Waals surface area contributed by atoms with Gasteiger partial charge in [-0.25, -0.2) is 18.7 Å². The molecule has 0 aliphatic carbocycles. The lowest BCUT2D eigenvalue weighted by atomic mass is 10.2. The number of hydrogen-bond donors (Lipinski definition) is 0. The molecular weight excluding hydrogens is 376 g/mol. The number of halogens is 5. The normalized spacial score (nSPS) is 12.1. The van der Waals surface area contributed by atoms with Crippen LogP contribution < -0.4 is 4.74 Å². The van der Waals surface area contributed by atoms with E-state index >= 15 is 0 Å². The van der Waals surface area contributed by atoms with E-state index in [1.165, 1.54) is 6.20 Å². The molecule has 0 radical (unpaired) electrons. The molecule has 0 aliphatic heterocycles. The quantitative estimate of drug-likeness (QED) is 0.471. The first-order valence-electron chi connectivity index (χ1n) is 7.48. The second kappa shape index (κ2) is 7.06. The van der Waals surface area contributed by atoms with E-state index in [1.807, 2.05) is 0 Å². The standard InChI is InChI=1S/C16H13ClF4N4O/c1-9-4-10(5-23-14(9)26-8-16(20,21)15(18)19)6-25-7-11-12(24-25)2-3-22-13(11)17/h2-5,7,15H,6,8H2,1H3. The topological polar surface area (TPSA) is 52.8 Å². The molecule has 3 aromatic rings. The molecule has 0 N–H and O–H groups in total. The number of fused-ring (bicyclic) bond motifs is 1. The molecule has 0 saturated carbocycles. The molecule has 26 heavy (non-hydrogen) atoms. The number of pyridine rings is 2. The molecule has 0 atom stereocenters. The lowest BCUT2D eigenvalue weighted by molar-refractivity contribution is -0.148. The highest BCUT2D eigenvalue weighted by atomic mass is 35.5. The second-order valence-electron chi connectivity index (χ2n) is 5.68. The first-order valence-corrected chi connectivity index (χ1v) is 7.86. The van der Waals surface area contributed by atoms with Crippen LogP contribution in [0, 0.1) is 6.92 Å². The smallest absolute Gasteiger partial charge is 0.340 e. The molecule has 0 unspecified atom stereocenters. The van der Waals surface area contributed by atoms with Crippen molar-refractivity contribution in [1.82, 2.24) is 19.7 Å². The zero-order chi connectivity index (χ0) is 18.9. The second-order valence-corrected chi connectivity index (χ2v) is 6.04. The van der Waals surface area contributed by atoms with E-state index in [0.29, 0.717) is 28.2 Å². The van der Waals surface area contributed by atoms with Crippen molar-refractivity contribution >= 4 is 22.5 Å². The molecule has 0 aliphatic rings. The number of nitrogens with zero attached hydrogens (tertiary/aromatic N) is 4. The summed E-state index contributed by atoms with van der Waals surface area (Å²) in [6, 6.07) is 3.39. The van der Waals surface area contributed by atoms with Gasteiger partial charge < -0.3 is 4.74 Å². The Hall–Kier alpha value is -2.42. The van der Waals surface area contributed by atoms with E-state index in [4.69, 9.17) is 16.3 Å². The number of hydrogen-bond acceptors (Lipinski definition) is 4. The maximum absolute atomic E-state index is 12.9. The Balaban J connectivity index is 1.73. The fraction of sp³-hybridized carbons (Fsp3) is 0.312. The highest BCUT2D eigenvalue weighted by molar-refractivity contribution is 6.34. The van der Waals surface area contributed by atoms with E-state index in [9.17, 15) is 17.6 Å². The van der Waals surface area contributed by atoms with Crippen molar-refractivity contribution in [3.8, 4) is 5.88 Å². The molecule has 3 aromatic heterocycles. The largest absolute Gasteiger partial charge is 0.471 e. The van der Waals surface area contributed by atoms with Crippen LogP contribution in [0.1, 0.15) is 11.1 Å². The lowest BCUT2D eigenvalue weighted by Crippen LogP contribution is -2.34. The van der Waals surface area contributed by atoms with Crippen LogP contribution in [0.5, 0.6) is 5.88 Å². The predicted molar refractivity (Wildman–Crippen MR) is 87.1 cm³/mol. The zero-order valence-electron chi connectivity index (χ0n) is 13.5. The van der Waals surface area contributed by atoms with Gasteiger partial charge in [-0.2, -0.15) is 13.9 Å². The van der Waals surface area contributed by atoms with E-state index in [0.717, 1.165) is 5.56 Å². The van der Waals surface area contributed by atoms with Crippen LogP contribution in [-0.4, -0.2) is 38.7 Å². The fourth-order valence-electron chi connectivity index (χ4n) is 2.31. The van der Waals surface area contributed by atoms with Crippen molar-refractivity contribution in [2.75, 3.05) is 6.61 Å². The number of aromatic nitrogens is 4. The molecular formula is C16H13ClF4N4O. The molecule has 138 valence electrons. The number of rotatable bonds is 6. The van der Waals surface area contributed by atoms with E-state index in [1.54, 1.807) is 36.1 Å². The first kappa shape index (κ1) is 18.4. The van der Waals surface area contributed by atoms with Gasteiger partial charge in [0.05, 0.1) is 17.4 Å². The Morgan fingerprint density at radius 3 is 2.73 bits per heavy atom. The predicted octanol–water partition coefficient (Wildman–Crippen LogP) is 4.12. The molecule has 3 heterocycles. The van der Waals surface area contributed by atoms with Gasteiger partial charge in [-0.05, 0) is 24.6 Å². The van der Waals surface area contributed by atoms with Crippen LogP contribution in [-0.2, 0) is 6.54 Å². The Morgan fingerprint density at radius 2 is 2.08 bits per heavy atom. The molecule has 0 fully saturated rings. The highest BCUT2D eigenvalue weighted by Crippen LogP contribution is 2.25. The molecule has 0 spiro atoms. The summed E-state index contributed by atoms with van der Waals surface area (Å²) in [4.78, 5) is 7.90. The van der Waals surface area contributed by atoms with Crippen LogP contribution >= 0.6 is 11.6 Å². The monoisotopic (exact) mass is 388 g/mol. The van der Waals surface area contributed by atoms with Crippen molar-refractivity contribution in [3.63, 3.8) is 0 Å². The van der Waals surface area contributed by atoms with Crippen molar-refractivity contribution in [2.24, 2.45) is 0 Å². The van der Waals surface area contributed by atoms with Crippen molar-refractivity contribution in [2.45, 2.75) is 25.8 Å². The van der Waals surface area contributed by atoms with Gasteiger partial charge in [-0.3, -0.25) is 4.68 Å². The van der Waals surface area contributed by atoms with E-state index in [-0.39, 0.29) is 5.88 Å². The van der Waals surface area contributed by atoms with Crippen molar-refractivity contribution < 1.29 is 22.3 Å². The summed E-state index contributed by atoms with van der Waals surface area (Å²) >= 11 is 6.01. The third kappa shape index (κ3) is 3.87. The Kier molecular flexibility index (Phi) is 4.99. The zero-order valence-corrected chi connectivity index (χ0v) is 14.2. The van der Waals surface area contributed by atoms with Gasteiger partial charge in [0.2, 0.25) is 5.88 Å². The summed E-state index contributed by atoms with van der Waals surface area (Å²) in [5, 5.41) is 5.40. The fourth-order valence-corrected chi connectivity index (χ4v) is 2.52. The third-order valence-electron chi connectivity index (χ3n) is 3.58. The molecule has 10 heteroatoms. The van der Waals surface area contributed by atoms with Gasteiger partial charge in [0.15, 0.2) is 6.61 Å². The van der Waals surface area contributed by atoms with Gasteiger partial charge in [-0.1, -0.05) is 11.6 Å². The molecule has 0 bridgehead atoms. The summed E-state index contributed by atoms with van der Waals surface area (Å²) in [7, 11) is 0. The highest BCUT2D eigenvalue weighted by Gasteiger charge is 2.41. The maximum Gasteiger partial charge on any atom is 0.340 e. The SMILES string of the molecule is Cc1cc(Cn2cc3c(Cl)nccc3n2)cnc1OCC(F)(F)C(F)F. The maximum atomic E-state index is 12.9. The number of alkyl halides is 4. The number of ether oxygens (including phenoxy) is 1. The Bertz CT molecular complexity index is 932. The minimum atomic E-state index is -4.23. The van der Waals surface area contributed by atoms with E-state index < -0.39 is 19.0 Å². The summed E-state index contributed by atoms with van der Waals surface area (Å²) in [6.45, 7) is 0.507. The van der Waals surface area contributed by atoms with Gasteiger partial charge in [0.25, 0.3) is 0 Å². The molecule has 0 amide bonds. The van der Waals surface area contributed by atoms with Crippen LogP contribution in [0.4, 0.5) is 17.6 Å². The van der Waals surface area contributed by atoms with Crippen molar-refractivity contribution in [3.05, 3.63) is 47.0 Å². The van der Waals surface area contributed by atoms with Crippen LogP contribution in [0.15, 0.2) is 30.7 Å². The summed E-state index contributed by atoms with van der Waals surface area (Å²) in [5.74, 6) is -4.35. The Morgan fingerprint density at radius 1 is 1.31 bits per heavy atom. The summed E-state index contributed by atoms with van der Waals surface area (Å²) in [6.07, 6.45) is 0.898. The minimum Gasteiger partial charge on any atom is -0.471 e. The summed E-state index contributed by atoms with van der Waals surface area (Å²) in [5.41, 5.74) is 1.86. The van der Waals surface area contributed by atoms with Crippen LogP contribution in [0.2, 0.25) is 5.15 Å². The van der Waals surface area contributed by atoms with Gasteiger partial charge in [0, 0.05) is 24.2 Å². The van der Waals surface area contributed by atoms with Crippen LogP contribution in [0.3, 0.4) is 0 Å². The van der Waals surface area contributed by atoms with Crippen molar-refractivity contribution in [1.29, 1.82) is 0 Å². The molecule has 3 rings (SSSR count). The Labute approximate surface area is 150 Å².